The molecule has 0 aliphatic heterocycles. The molecule has 0 radical (unpaired) electrons. The topological polar surface area (TPSA) is 72.7 Å². The number of amides is 1. The average molecular weight is 334 g/mol. The van der Waals surface area contributed by atoms with Gasteiger partial charge in [-0.2, -0.15) is 0 Å². The van der Waals surface area contributed by atoms with E-state index in [1.165, 1.54) is 23.1 Å². The van der Waals surface area contributed by atoms with Gasteiger partial charge in [-0.3, -0.25) is 10.1 Å². The molecule has 6 heteroatoms. The van der Waals surface area contributed by atoms with Crippen molar-refractivity contribution in [2.75, 3.05) is 4.90 Å². The van der Waals surface area contributed by atoms with Gasteiger partial charge in [0.2, 0.25) is 5.75 Å². The molecule has 0 atom stereocenters. The Kier molecular flexibility index (Phi) is 4.71. The first kappa shape index (κ1) is 16.2. The second-order valence-electron chi connectivity index (χ2n) is 5.10. The van der Waals surface area contributed by atoms with Crippen LogP contribution in [0.25, 0.3) is 0 Å². The quantitative estimate of drug-likeness (QED) is 0.501. The van der Waals surface area contributed by atoms with Gasteiger partial charge in [0.05, 0.1) is 16.3 Å². The van der Waals surface area contributed by atoms with E-state index in [-0.39, 0.29) is 11.4 Å². The molecule has 6 nitrogen and oxygen atoms in total. The van der Waals surface area contributed by atoms with Gasteiger partial charge in [-0.25, -0.2) is 9.69 Å². The summed E-state index contributed by atoms with van der Waals surface area (Å²) in [5, 5.41) is 11.1. The Balaban J connectivity index is 1.98. The fourth-order valence-electron chi connectivity index (χ4n) is 2.35. The Labute approximate surface area is 144 Å². The van der Waals surface area contributed by atoms with Crippen LogP contribution in [0.15, 0.2) is 84.9 Å². The summed E-state index contributed by atoms with van der Waals surface area (Å²) >= 11 is 0. The van der Waals surface area contributed by atoms with Crippen molar-refractivity contribution < 1.29 is 14.5 Å². The number of rotatable bonds is 4. The molecule has 3 aromatic carbocycles. The van der Waals surface area contributed by atoms with Gasteiger partial charge in [0.15, 0.2) is 0 Å². The molecule has 25 heavy (non-hydrogen) atoms. The molecule has 0 aliphatic carbocycles. The van der Waals surface area contributed by atoms with Crippen LogP contribution >= 0.6 is 0 Å². The van der Waals surface area contributed by atoms with Gasteiger partial charge in [-0.15, -0.1) is 0 Å². The summed E-state index contributed by atoms with van der Waals surface area (Å²) in [6.45, 7) is 0. The highest BCUT2D eigenvalue weighted by Crippen LogP contribution is 2.30. The third-order valence-corrected chi connectivity index (χ3v) is 3.47. The first-order chi connectivity index (χ1) is 12.2. The monoisotopic (exact) mass is 334 g/mol. The zero-order valence-electron chi connectivity index (χ0n) is 13.1. The molecule has 0 bridgehead atoms. The molecule has 124 valence electrons. The summed E-state index contributed by atoms with van der Waals surface area (Å²) in [6.07, 6.45) is -0.730. The zero-order chi connectivity index (χ0) is 17.6. The zero-order valence-corrected chi connectivity index (χ0v) is 13.1. The summed E-state index contributed by atoms with van der Waals surface area (Å²) in [7, 11) is 0. The van der Waals surface area contributed by atoms with Crippen molar-refractivity contribution in [2.45, 2.75) is 0 Å². The minimum Gasteiger partial charge on any atom is -0.402 e. The van der Waals surface area contributed by atoms with E-state index in [0.29, 0.717) is 11.4 Å². The molecule has 0 saturated heterocycles. The lowest BCUT2D eigenvalue weighted by Crippen LogP contribution is -2.29. The Hall–Kier alpha value is -3.67. The van der Waals surface area contributed by atoms with Crippen molar-refractivity contribution in [1.29, 1.82) is 0 Å². The number of ether oxygens (including phenoxy) is 1. The fourth-order valence-corrected chi connectivity index (χ4v) is 2.35. The molecular formula is C19H14N2O4. The molecule has 0 heterocycles. The molecule has 0 aromatic heterocycles. The SMILES string of the molecule is O=C(Oc1ccccc1[N+](=O)[O-])N(c1ccccc1)c1ccccc1. The van der Waals surface area contributed by atoms with Crippen LogP contribution in [0.1, 0.15) is 0 Å². The lowest BCUT2D eigenvalue weighted by molar-refractivity contribution is -0.385. The number of nitro benzene ring substituents is 1. The van der Waals surface area contributed by atoms with E-state index in [1.54, 1.807) is 54.6 Å². The van der Waals surface area contributed by atoms with Crippen molar-refractivity contribution in [2.24, 2.45) is 0 Å². The number of carbonyl (C=O) groups excluding carboxylic acids is 1. The lowest BCUT2D eigenvalue weighted by Gasteiger charge is -2.22. The fraction of sp³-hybridized carbons (Fsp3) is 0. The van der Waals surface area contributed by atoms with E-state index in [0.717, 1.165) is 0 Å². The molecule has 0 fully saturated rings. The summed E-state index contributed by atoms with van der Waals surface area (Å²) < 4.78 is 5.32. The number of para-hydroxylation sites is 4. The number of nitro groups is 1. The maximum atomic E-state index is 12.8. The second-order valence-corrected chi connectivity index (χ2v) is 5.10. The van der Waals surface area contributed by atoms with Crippen LogP contribution in [0, 0.1) is 10.1 Å². The van der Waals surface area contributed by atoms with Crippen LogP contribution in [0.3, 0.4) is 0 Å². The minimum atomic E-state index is -0.730. The van der Waals surface area contributed by atoms with E-state index >= 15 is 0 Å². The molecule has 0 saturated carbocycles. The van der Waals surface area contributed by atoms with Crippen molar-refractivity contribution >= 4 is 23.2 Å². The minimum absolute atomic E-state index is 0.102. The number of hydrogen-bond donors (Lipinski definition) is 0. The standard InChI is InChI=1S/C19H14N2O4/c22-19(25-18-14-8-7-13-17(18)21(23)24)20(15-9-3-1-4-10-15)16-11-5-2-6-12-16/h1-14H. The van der Waals surface area contributed by atoms with Gasteiger partial charge < -0.3 is 4.74 Å². The molecule has 3 rings (SSSR count). The Morgan fingerprint density at radius 2 is 1.28 bits per heavy atom. The Morgan fingerprint density at radius 3 is 1.80 bits per heavy atom. The first-order valence-corrected chi connectivity index (χ1v) is 7.52. The number of anilines is 2. The van der Waals surface area contributed by atoms with Crippen LogP contribution in [-0.4, -0.2) is 11.0 Å². The smallest absolute Gasteiger partial charge is 0.402 e. The predicted octanol–water partition coefficient (Wildman–Crippen LogP) is 4.93. The largest absolute Gasteiger partial charge is 0.424 e. The summed E-state index contributed by atoms with van der Waals surface area (Å²) in [4.78, 5) is 24.7. The summed E-state index contributed by atoms with van der Waals surface area (Å²) in [5.41, 5.74) is 0.923. The molecule has 0 aliphatic rings. The third kappa shape index (κ3) is 3.64. The molecule has 0 unspecified atom stereocenters. The van der Waals surface area contributed by atoms with Crippen LogP contribution in [0.4, 0.5) is 21.9 Å². The number of benzene rings is 3. The van der Waals surface area contributed by atoms with E-state index < -0.39 is 11.0 Å². The van der Waals surface area contributed by atoms with Gasteiger partial charge >= 0.3 is 11.8 Å². The Morgan fingerprint density at radius 1 is 0.800 bits per heavy atom. The lowest BCUT2D eigenvalue weighted by atomic mass is 10.2. The highest BCUT2D eigenvalue weighted by atomic mass is 16.6. The highest BCUT2D eigenvalue weighted by molar-refractivity contribution is 5.97. The van der Waals surface area contributed by atoms with Crippen molar-refractivity contribution in [3.05, 3.63) is 95.0 Å². The van der Waals surface area contributed by atoms with Gasteiger partial charge in [-0.1, -0.05) is 48.5 Å². The van der Waals surface area contributed by atoms with Crippen LogP contribution in [0.5, 0.6) is 5.75 Å². The first-order valence-electron chi connectivity index (χ1n) is 7.52. The molecule has 0 N–H and O–H groups in total. The van der Waals surface area contributed by atoms with Crippen LogP contribution in [0.2, 0.25) is 0 Å². The summed E-state index contributed by atoms with van der Waals surface area (Å²) in [6, 6.07) is 23.7. The maximum absolute atomic E-state index is 12.8. The van der Waals surface area contributed by atoms with Gasteiger partial charge in [0.25, 0.3) is 0 Å². The predicted molar refractivity (Wildman–Crippen MR) is 94.1 cm³/mol. The van der Waals surface area contributed by atoms with Gasteiger partial charge in [-0.05, 0) is 30.3 Å². The van der Waals surface area contributed by atoms with Crippen molar-refractivity contribution in [1.82, 2.24) is 0 Å². The highest BCUT2D eigenvalue weighted by Gasteiger charge is 2.23. The van der Waals surface area contributed by atoms with Crippen LogP contribution < -0.4 is 9.64 Å². The van der Waals surface area contributed by atoms with E-state index in [4.69, 9.17) is 4.74 Å². The molecular weight excluding hydrogens is 320 g/mol. The van der Waals surface area contributed by atoms with Gasteiger partial charge in [0, 0.05) is 6.07 Å². The van der Waals surface area contributed by atoms with E-state index in [9.17, 15) is 14.9 Å². The van der Waals surface area contributed by atoms with E-state index in [2.05, 4.69) is 0 Å². The number of carbonyl (C=O) groups is 1. The number of hydrogen-bond acceptors (Lipinski definition) is 4. The molecule has 1 amide bonds. The Bertz CT molecular complexity index is 843. The molecule has 0 spiro atoms. The van der Waals surface area contributed by atoms with Crippen LogP contribution in [-0.2, 0) is 0 Å². The summed E-state index contributed by atoms with van der Waals surface area (Å²) in [5.74, 6) is -0.102. The van der Waals surface area contributed by atoms with Crippen molar-refractivity contribution in [3.63, 3.8) is 0 Å². The second kappa shape index (κ2) is 7.27. The average Bonchev–Trinajstić information content (AvgIpc) is 2.64. The number of nitrogens with zero attached hydrogens (tertiary/aromatic N) is 2. The normalized spacial score (nSPS) is 10.1. The van der Waals surface area contributed by atoms with Crippen molar-refractivity contribution in [3.8, 4) is 5.75 Å². The van der Waals surface area contributed by atoms with Gasteiger partial charge in [0.1, 0.15) is 0 Å². The molecule has 3 aromatic rings. The maximum Gasteiger partial charge on any atom is 0.424 e. The van der Waals surface area contributed by atoms with E-state index in [1.807, 2.05) is 12.1 Å². The third-order valence-electron chi connectivity index (χ3n) is 3.47.